The number of aliphatic hydroxyl groups excluding tert-OH is 1. The molecule has 1 aromatic rings. The molecular formula is C27H30Cl2O6. The predicted molar refractivity (Wildman–Crippen MR) is 131 cm³/mol. The van der Waals surface area contributed by atoms with Crippen LogP contribution in [-0.4, -0.2) is 44.6 Å². The maximum Gasteiger partial charge on any atom is 0.372 e. The van der Waals surface area contributed by atoms with E-state index in [9.17, 15) is 24.6 Å². The van der Waals surface area contributed by atoms with E-state index in [1.807, 2.05) is 26.8 Å². The largest absolute Gasteiger partial charge is 0.475 e. The highest BCUT2D eigenvalue weighted by atomic mass is 35.5. The van der Waals surface area contributed by atoms with E-state index >= 15 is 0 Å². The average molecular weight is 521 g/mol. The van der Waals surface area contributed by atoms with Crippen LogP contribution in [0, 0.1) is 28.6 Å². The van der Waals surface area contributed by atoms with Crippen molar-refractivity contribution in [3.05, 3.63) is 47.5 Å². The van der Waals surface area contributed by atoms with Gasteiger partial charge in [-0.2, -0.15) is 0 Å². The Labute approximate surface area is 214 Å². The number of ketones is 2. The topological polar surface area (TPSA) is 105 Å². The fourth-order valence-corrected chi connectivity index (χ4v) is 9.51. The average Bonchev–Trinajstić information content (AvgIpc) is 3.36. The molecular weight excluding hydrogens is 491 g/mol. The van der Waals surface area contributed by atoms with Crippen molar-refractivity contribution < 1.29 is 29.0 Å². The maximum atomic E-state index is 13.8. The van der Waals surface area contributed by atoms with Crippen molar-refractivity contribution in [1.29, 1.82) is 0 Å². The SMILES string of the molecule is C[C@@H]1CC2C3CCC4=CC(=O)C=C[C@]4(C)C3(Cl)[C@@H](O)C[C@]2(C)[C@@]1(C(=O)CCl)c1ccoc1C(=O)O. The van der Waals surface area contributed by atoms with Crippen molar-refractivity contribution in [1.82, 2.24) is 0 Å². The van der Waals surface area contributed by atoms with Gasteiger partial charge in [-0.3, -0.25) is 9.59 Å². The van der Waals surface area contributed by atoms with Crippen molar-refractivity contribution in [3.8, 4) is 0 Å². The van der Waals surface area contributed by atoms with Crippen molar-refractivity contribution >= 4 is 40.7 Å². The molecule has 5 rings (SSSR count). The molecule has 0 aliphatic heterocycles. The number of allylic oxidation sites excluding steroid dienone is 4. The molecule has 0 saturated heterocycles. The van der Waals surface area contributed by atoms with E-state index in [0.717, 1.165) is 5.57 Å². The van der Waals surface area contributed by atoms with Crippen LogP contribution < -0.4 is 0 Å². The highest BCUT2D eigenvalue weighted by Crippen LogP contribution is 2.74. The zero-order valence-electron chi connectivity index (χ0n) is 20.0. The molecule has 0 spiro atoms. The summed E-state index contributed by atoms with van der Waals surface area (Å²) in [6, 6.07) is 1.57. The van der Waals surface area contributed by atoms with Crippen LogP contribution in [0.4, 0.5) is 0 Å². The second-order valence-corrected chi connectivity index (χ2v) is 12.1. The van der Waals surface area contributed by atoms with Gasteiger partial charge in [0, 0.05) is 11.0 Å². The molecule has 2 N–H and O–H groups in total. The molecule has 0 amide bonds. The first-order valence-electron chi connectivity index (χ1n) is 12.1. The molecule has 3 saturated carbocycles. The molecule has 0 bridgehead atoms. The number of carboxylic acid groups (broad SMARTS) is 1. The Hall–Kier alpha value is -1.89. The molecule has 4 aliphatic carbocycles. The van der Waals surface area contributed by atoms with Gasteiger partial charge in [0.25, 0.3) is 0 Å². The fraction of sp³-hybridized carbons (Fsp3) is 0.593. The number of alkyl halides is 2. The number of rotatable bonds is 4. The molecule has 3 fully saturated rings. The lowest BCUT2D eigenvalue weighted by molar-refractivity contribution is -0.139. The van der Waals surface area contributed by atoms with Gasteiger partial charge in [0.2, 0.25) is 5.76 Å². The summed E-state index contributed by atoms with van der Waals surface area (Å²) in [6.45, 7) is 5.93. The van der Waals surface area contributed by atoms with Gasteiger partial charge in [-0.1, -0.05) is 32.4 Å². The summed E-state index contributed by atoms with van der Waals surface area (Å²) in [7, 11) is 0. The first kappa shape index (κ1) is 24.8. The van der Waals surface area contributed by atoms with Gasteiger partial charge < -0.3 is 14.6 Å². The summed E-state index contributed by atoms with van der Waals surface area (Å²) in [5.74, 6) is -2.61. The van der Waals surface area contributed by atoms with Gasteiger partial charge in [0.15, 0.2) is 11.6 Å². The van der Waals surface area contributed by atoms with E-state index < -0.39 is 33.2 Å². The number of Topliss-reactive ketones (excluding diaryl/α,β-unsaturated/α-hetero) is 1. The van der Waals surface area contributed by atoms with Crippen molar-refractivity contribution in [3.63, 3.8) is 0 Å². The fourth-order valence-electron chi connectivity index (χ4n) is 8.78. The first-order valence-corrected chi connectivity index (χ1v) is 13.0. The number of furan rings is 1. The number of halogens is 2. The van der Waals surface area contributed by atoms with Gasteiger partial charge in [-0.15, -0.1) is 23.2 Å². The summed E-state index contributed by atoms with van der Waals surface area (Å²) >= 11 is 13.7. The lowest BCUT2D eigenvalue weighted by Crippen LogP contribution is -2.68. The third kappa shape index (κ3) is 2.79. The summed E-state index contributed by atoms with van der Waals surface area (Å²) in [6.07, 6.45) is 7.47. The first-order chi connectivity index (χ1) is 16.4. The number of aliphatic hydroxyl groups is 1. The van der Waals surface area contributed by atoms with E-state index in [0.29, 0.717) is 24.8 Å². The monoisotopic (exact) mass is 520 g/mol. The van der Waals surface area contributed by atoms with Crippen LogP contribution in [0.15, 0.2) is 40.5 Å². The van der Waals surface area contributed by atoms with E-state index in [2.05, 4.69) is 0 Å². The quantitative estimate of drug-likeness (QED) is 0.546. The maximum absolute atomic E-state index is 13.8. The summed E-state index contributed by atoms with van der Waals surface area (Å²) in [5.41, 5.74) is -1.50. The van der Waals surface area contributed by atoms with Gasteiger partial charge in [0.1, 0.15) is 0 Å². The predicted octanol–water partition coefficient (Wildman–Crippen LogP) is 4.91. The van der Waals surface area contributed by atoms with E-state index in [1.54, 1.807) is 12.1 Å². The number of hydrogen-bond acceptors (Lipinski definition) is 5. The van der Waals surface area contributed by atoms with Crippen LogP contribution in [0.5, 0.6) is 0 Å². The van der Waals surface area contributed by atoms with Gasteiger partial charge in [-0.25, -0.2) is 4.79 Å². The Morgan fingerprint density at radius 1 is 1.26 bits per heavy atom. The Balaban J connectivity index is 1.71. The van der Waals surface area contributed by atoms with E-state index in [-0.39, 0.29) is 47.4 Å². The lowest BCUT2D eigenvalue weighted by atomic mass is 9.43. The van der Waals surface area contributed by atoms with Gasteiger partial charge in [0.05, 0.1) is 28.5 Å². The van der Waals surface area contributed by atoms with Crippen LogP contribution in [0.3, 0.4) is 0 Å². The van der Waals surface area contributed by atoms with E-state index in [1.165, 1.54) is 12.3 Å². The molecule has 188 valence electrons. The van der Waals surface area contributed by atoms with Crippen molar-refractivity contribution in [2.45, 2.75) is 62.8 Å². The van der Waals surface area contributed by atoms with Gasteiger partial charge in [-0.05, 0) is 67.1 Å². The van der Waals surface area contributed by atoms with Crippen LogP contribution in [0.25, 0.3) is 0 Å². The zero-order chi connectivity index (χ0) is 25.6. The van der Waals surface area contributed by atoms with Gasteiger partial charge >= 0.3 is 5.97 Å². The minimum absolute atomic E-state index is 0.0753. The second-order valence-electron chi connectivity index (χ2n) is 11.2. The second kappa shape index (κ2) is 7.80. The molecule has 6 nitrogen and oxygen atoms in total. The molecule has 35 heavy (non-hydrogen) atoms. The zero-order valence-corrected chi connectivity index (χ0v) is 21.5. The highest BCUT2D eigenvalue weighted by molar-refractivity contribution is 6.29. The number of aromatic carboxylic acids is 1. The van der Waals surface area contributed by atoms with E-state index in [4.69, 9.17) is 27.6 Å². The summed E-state index contributed by atoms with van der Waals surface area (Å²) in [5, 5.41) is 21.7. The highest BCUT2D eigenvalue weighted by Gasteiger charge is 2.75. The number of carbonyl (C=O) groups is 3. The molecule has 4 aliphatic rings. The Morgan fingerprint density at radius 3 is 2.63 bits per heavy atom. The molecule has 3 unspecified atom stereocenters. The number of carbonyl (C=O) groups excluding carboxylic acids is 2. The Kier molecular flexibility index (Phi) is 5.53. The van der Waals surface area contributed by atoms with Crippen LogP contribution >= 0.6 is 23.2 Å². The lowest BCUT2D eigenvalue weighted by Gasteiger charge is -2.64. The third-order valence-corrected chi connectivity index (χ3v) is 11.3. The molecule has 1 heterocycles. The van der Waals surface area contributed by atoms with Crippen LogP contribution in [0.2, 0.25) is 0 Å². The number of fused-ring (bicyclic) bond motifs is 5. The van der Waals surface area contributed by atoms with Crippen molar-refractivity contribution in [2.75, 3.05) is 5.88 Å². The van der Waals surface area contributed by atoms with Crippen molar-refractivity contribution in [2.24, 2.45) is 28.6 Å². The van der Waals surface area contributed by atoms with Crippen LogP contribution in [-0.2, 0) is 15.0 Å². The summed E-state index contributed by atoms with van der Waals surface area (Å²) < 4.78 is 5.35. The Morgan fingerprint density at radius 2 is 1.97 bits per heavy atom. The Bertz CT molecular complexity index is 1180. The molecule has 1 aromatic heterocycles. The molecule has 8 heteroatoms. The standard InChI is InChI=1S/C27H30Cl2O6/c1-14-10-19-17-5-4-15-11-16(30)6-8-24(15,2)27(17,29)20(31)12-25(19,3)26(14,21(32)13-28)18-7-9-35-22(18)23(33)34/h6-9,11,14,17,19-20,31H,4-5,10,12-13H2,1-3H3,(H,33,34)/t14-,17?,19?,20+,24+,25+,26-,27?/m1/s1. The third-order valence-electron chi connectivity index (χ3n) is 10.1. The molecule has 0 radical (unpaired) electrons. The molecule has 0 aromatic carbocycles. The number of hydrogen-bond donors (Lipinski definition) is 2. The smallest absolute Gasteiger partial charge is 0.372 e. The van der Waals surface area contributed by atoms with Crippen LogP contribution in [0.1, 0.15) is 62.6 Å². The number of carboxylic acids is 1. The summed E-state index contributed by atoms with van der Waals surface area (Å²) in [4.78, 5) is 37.0. The normalized spacial score (nSPS) is 44.3. The minimum Gasteiger partial charge on any atom is -0.475 e. The molecule has 8 atom stereocenters. The minimum atomic E-state index is -1.24.